The molecule has 0 saturated carbocycles. The predicted molar refractivity (Wildman–Crippen MR) is 77.6 cm³/mol. The zero-order valence-electron chi connectivity index (χ0n) is 11.0. The fraction of sp³-hybridized carbons (Fsp3) is 0.357. The van der Waals surface area contributed by atoms with Crippen molar-refractivity contribution in [2.45, 2.75) is 30.7 Å². The van der Waals surface area contributed by atoms with Crippen molar-refractivity contribution in [2.24, 2.45) is 5.73 Å². The Bertz CT molecular complexity index is 514. The first-order chi connectivity index (χ1) is 8.56. The monoisotopic (exact) mass is 261 g/mol. The fourth-order valence-electron chi connectivity index (χ4n) is 1.70. The second kappa shape index (κ2) is 5.16. The minimum absolute atomic E-state index is 0.391. The van der Waals surface area contributed by atoms with Crippen LogP contribution in [0, 0.1) is 0 Å². The lowest BCUT2D eigenvalue weighted by atomic mass is 10.00. The molecule has 18 heavy (non-hydrogen) atoms. The summed E-state index contributed by atoms with van der Waals surface area (Å²) in [4.78, 5) is 8.97. The van der Waals surface area contributed by atoms with Gasteiger partial charge in [0.25, 0.3) is 0 Å². The van der Waals surface area contributed by atoms with E-state index in [1.807, 2.05) is 13.1 Å². The molecule has 1 unspecified atom stereocenters. The summed E-state index contributed by atoms with van der Waals surface area (Å²) in [5, 5.41) is 0. The third-order valence-corrected chi connectivity index (χ3v) is 4.00. The van der Waals surface area contributed by atoms with Gasteiger partial charge in [-0.3, -0.25) is 0 Å². The number of aromatic nitrogens is 2. The lowest BCUT2D eigenvalue weighted by Gasteiger charge is -2.19. The molecule has 1 aromatic carbocycles. The highest BCUT2D eigenvalue weighted by Gasteiger charge is 2.22. The van der Waals surface area contributed by atoms with Crippen LogP contribution in [0.2, 0.25) is 0 Å². The molecular formula is C14H19N3S. The maximum atomic E-state index is 6.18. The van der Waals surface area contributed by atoms with E-state index in [4.69, 9.17) is 5.73 Å². The summed E-state index contributed by atoms with van der Waals surface area (Å²) >= 11 is 1.74. The van der Waals surface area contributed by atoms with Crippen molar-refractivity contribution < 1.29 is 0 Å². The van der Waals surface area contributed by atoms with Crippen LogP contribution in [0.15, 0.2) is 35.4 Å². The quantitative estimate of drug-likeness (QED) is 0.830. The van der Waals surface area contributed by atoms with Gasteiger partial charge in [0.15, 0.2) is 0 Å². The number of thioether (sulfide) groups is 1. The molecular weight excluding hydrogens is 242 g/mol. The number of imidazole rings is 1. The van der Waals surface area contributed by atoms with Crippen molar-refractivity contribution in [1.82, 2.24) is 9.97 Å². The van der Waals surface area contributed by atoms with E-state index in [1.165, 1.54) is 4.90 Å². The van der Waals surface area contributed by atoms with E-state index in [0.29, 0.717) is 0 Å². The molecule has 2 aromatic rings. The van der Waals surface area contributed by atoms with Gasteiger partial charge in [0, 0.05) is 4.90 Å². The van der Waals surface area contributed by atoms with Gasteiger partial charge in [-0.1, -0.05) is 19.1 Å². The number of hydrogen-bond donors (Lipinski definition) is 2. The lowest BCUT2D eigenvalue weighted by Crippen LogP contribution is -2.33. The molecule has 4 heteroatoms. The number of nitrogens with two attached hydrogens (primary N) is 1. The number of nitrogens with one attached hydrogen (secondary N) is 1. The molecule has 1 atom stereocenters. The molecule has 0 spiro atoms. The second-order valence-electron chi connectivity index (χ2n) is 4.65. The normalized spacial score (nSPS) is 14.4. The van der Waals surface area contributed by atoms with Crippen LogP contribution in [0.5, 0.6) is 0 Å². The summed E-state index contributed by atoms with van der Waals surface area (Å²) < 4.78 is 0. The zero-order valence-corrected chi connectivity index (χ0v) is 11.8. The van der Waals surface area contributed by atoms with Crippen LogP contribution in [-0.2, 0) is 5.54 Å². The molecule has 0 bridgehead atoms. The average Bonchev–Trinajstić information content (AvgIpc) is 2.89. The van der Waals surface area contributed by atoms with Crippen molar-refractivity contribution in [3.63, 3.8) is 0 Å². The largest absolute Gasteiger partial charge is 0.340 e. The van der Waals surface area contributed by atoms with Crippen LogP contribution in [-0.4, -0.2) is 16.2 Å². The number of rotatable bonds is 4. The Labute approximate surface area is 112 Å². The molecule has 0 radical (unpaired) electrons. The van der Waals surface area contributed by atoms with Crippen molar-refractivity contribution in [3.8, 4) is 11.3 Å². The Morgan fingerprint density at radius 1 is 1.33 bits per heavy atom. The maximum Gasteiger partial charge on any atom is 0.126 e. The lowest BCUT2D eigenvalue weighted by molar-refractivity contribution is 0.450. The van der Waals surface area contributed by atoms with Crippen LogP contribution in [0.1, 0.15) is 26.1 Å². The number of hydrogen-bond acceptors (Lipinski definition) is 3. The summed E-state index contributed by atoms with van der Waals surface area (Å²) in [5.41, 5.74) is 7.94. The first-order valence-corrected chi connectivity index (χ1v) is 7.28. The van der Waals surface area contributed by atoms with Gasteiger partial charge in [-0.25, -0.2) is 4.98 Å². The van der Waals surface area contributed by atoms with Crippen molar-refractivity contribution in [2.75, 3.05) is 6.26 Å². The Hall–Kier alpha value is -1.26. The number of nitrogens with zero attached hydrogens (tertiary/aromatic N) is 1. The van der Waals surface area contributed by atoms with Gasteiger partial charge < -0.3 is 10.7 Å². The molecule has 0 aliphatic carbocycles. The number of benzene rings is 1. The van der Waals surface area contributed by atoms with Crippen molar-refractivity contribution >= 4 is 11.8 Å². The molecule has 3 N–H and O–H groups in total. The van der Waals surface area contributed by atoms with E-state index in [0.717, 1.165) is 23.5 Å². The molecule has 1 aromatic heterocycles. The van der Waals surface area contributed by atoms with Gasteiger partial charge in [-0.05, 0) is 37.3 Å². The molecule has 3 nitrogen and oxygen atoms in total. The minimum atomic E-state index is -0.391. The Balaban J connectivity index is 2.29. The first kappa shape index (κ1) is 13.2. The van der Waals surface area contributed by atoms with Crippen LogP contribution in [0.25, 0.3) is 11.3 Å². The standard InChI is InChI=1S/C14H19N3S/c1-4-14(2,15)13-16-9-12(17-13)10-5-7-11(18-3)8-6-10/h5-9H,4,15H2,1-3H3,(H,16,17). The Morgan fingerprint density at radius 3 is 2.56 bits per heavy atom. The van der Waals surface area contributed by atoms with Gasteiger partial charge >= 0.3 is 0 Å². The average molecular weight is 261 g/mol. The highest BCUT2D eigenvalue weighted by atomic mass is 32.2. The van der Waals surface area contributed by atoms with Gasteiger partial charge in [-0.15, -0.1) is 11.8 Å². The molecule has 2 rings (SSSR count). The fourth-order valence-corrected chi connectivity index (χ4v) is 2.10. The summed E-state index contributed by atoms with van der Waals surface area (Å²) in [6.07, 6.45) is 4.78. The van der Waals surface area contributed by atoms with E-state index < -0.39 is 5.54 Å². The summed E-state index contributed by atoms with van der Waals surface area (Å²) in [6.45, 7) is 4.06. The topological polar surface area (TPSA) is 54.7 Å². The summed E-state index contributed by atoms with van der Waals surface area (Å²) in [6, 6.07) is 8.43. The second-order valence-corrected chi connectivity index (χ2v) is 5.52. The van der Waals surface area contributed by atoms with E-state index in [-0.39, 0.29) is 0 Å². The van der Waals surface area contributed by atoms with E-state index in [9.17, 15) is 0 Å². The molecule has 0 aliphatic heterocycles. The van der Waals surface area contributed by atoms with E-state index in [1.54, 1.807) is 11.8 Å². The highest BCUT2D eigenvalue weighted by molar-refractivity contribution is 7.98. The zero-order chi connectivity index (χ0) is 13.2. The van der Waals surface area contributed by atoms with Gasteiger partial charge in [0.2, 0.25) is 0 Å². The van der Waals surface area contributed by atoms with E-state index >= 15 is 0 Å². The third-order valence-electron chi connectivity index (χ3n) is 3.25. The molecule has 0 aliphatic rings. The molecule has 0 amide bonds. The Kier molecular flexibility index (Phi) is 3.78. The van der Waals surface area contributed by atoms with Gasteiger partial charge in [0.1, 0.15) is 5.82 Å². The molecule has 96 valence electrons. The molecule has 0 saturated heterocycles. The van der Waals surface area contributed by atoms with Crippen LogP contribution in [0.4, 0.5) is 0 Å². The van der Waals surface area contributed by atoms with Crippen LogP contribution < -0.4 is 5.73 Å². The maximum absolute atomic E-state index is 6.18. The summed E-state index contributed by atoms with van der Waals surface area (Å²) in [7, 11) is 0. The van der Waals surface area contributed by atoms with E-state index in [2.05, 4.69) is 47.4 Å². The first-order valence-electron chi connectivity index (χ1n) is 6.05. The van der Waals surface area contributed by atoms with Crippen LogP contribution >= 0.6 is 11.8 Å². The SMILES string of the molecule is CCC(C)(N)c1ncc(-c2ccc(SC)cc2)[nH]1. The molecule has 0 fully saturated rings. The smallest absolute Gasteiger partial charge is 0.126 e. The number of H-pyrrole nitrogens is 1. The number of aromatic amines is 1. The van der Waals surface area contributed by atoms with Gasteiger partial charge in [0.05, 0.1) is 17.4 Å². The van der Waals surface area contributed by atoms with Gasteiger partial charge in [-0.2, -0.15) is 0 Å². The Morgan fingerprint density at radius 2 is 2.00 bits per heavy atom. The van der Waals surface area contributed by atoms with Crippen molar-refractivity contribution in [3.05, 3.63) is 36.3 Å². The third kappa shape index (κ3) is 2.60. The highest BCUT2D eigenvalue weighted by Crippen LogP contribution is 2.24. The minimum Gasteiger partial charge on any atom is -0.340 e. The molecule has 1 heterocycles. The summed E-state index contributed by atoms with van der Waals surface area (Å²) in [5.74, 6) is 0.842. The van der Waals surface area contributed by atoms with Crippen molar-refractivity contribution in [1.29, 1.82) is 0 Å². The van der Waals surface area contributed by atoms with Crippen LogP contribution in [0.3, 0.4) is 0 Å². The predicted octanol–water partition coefficient (Wildman–Crippen LogP) is 3.38.